The zero-order valence-electron chi connectivity index (χ0n) is 38.4. The summed E-state index contributed by atoms with van der Waals surface area (Å²) in [7, 11) is -4.09. The average Bonchev–Trinajstić information content (AvgIpc) is 3.32. The van der Waals surface area contributed by atoms with E-state index < -0.39 is 22.0 Å². The lowest BCUT2D eigenvalue weighted by molar-refractivity contribution is -0.137. The Morgan fingerprint density at radius 1 is 0.677 bits per heavy atom. The summed E-state index contributed by atoms with van der Waals surface area (Å²) >= 11 is 0. The highest BCUT2D eigenvalue weighted by atomic mass is 32.2. The summed E-state index contributed by atoms with van der Waals surface area (Å²) in [6, 6.07) is 28.4. The molecule has 6 rings (SSSR count). The molecule has 0 saturated heterocycles. The largest absolute Gasteiger partial charge is 0.461 e. The molecule has 0 aromatic heterocycles. The van der Waals surface area contributed by atoms with Gasteiger partial charge in [0.05, 0.1) is 27.6 Å². The molecule has 1 heterocycles. The molecule has 0 amide bonds. The number of hydrogen-bond donors (Lipinski definition) is 0. The molecule has 0 bridgehead atoms. The van der Waals surface area contributed by atoms with Crippen molar-refractivity contribution in [3.05, 3.63) is 116 Å². The van der Waals surface area contributed by atoms with Crippen molar-refractivity contribution in [2.24, 2.45) is 32.3 Å². The number of ether oxygens (including phenoxy) is 2. The number of nitrogens with zero attached hydrogens (tertiary/aromatic N) is 7. The summed E-state index contributed by atoms with van der Waals surface area (Å²) in [4.78, 5) is 28.5. The van der Waals surface area contributed by atoms with Crippen molar-refractivity contribution in [3.63, 3.8) is 0 Å². The van der Waals surface area contributed by atoms with E-state index in [0.717, 1.165) is 77.1 Å². The highest BCUT2D eigenvalue weighted by molar-refractivity contribution is 7.89. The first-order valence-corrected chi connectivity index (χ1v) is 23.9. The van der Waals surface area contributed by atoms with Crippen molar-refractivity contribution in [1.29, 1.82) is 0 Å². The first-order chi connectivity index (χ1) is 31.3. The van der Waals surface area contributed by atoms with Gasteiger partial charge in [-0.15, -0.1) is 15.3 Å². The molecule has 1 aliphatic rings. The van der Waals surface area contributed by atoms with E-state index in [4.69, 9.17) is 19.7 Å². The van der Waals surface area contributed by atoms with Crippen molar-refractivity contribution in [1.82, 2.24) is 4.31 Å². The van der Waals surface area contributed by atoms with E-state index in [1.807, 2.05) is 36.4 Å². The van der Waals surface area contributed by atoms with Crippen LogP contribution in [-0.2, 0) is 29.1 Å². The molecule has 14 heteroatoms. The zero-order chi connectivity index (χ0) is 46.7. The first kappa shape index (κ1) is 48.2. The fourth-order valence-electron chi connectivity index (χ4n) is 8.23. The summed E-state index contributed by atoms with van der Waals surface area (Å²) in [6.45, 7) is 21.8. The van der Waals surface area contributed by atoms with Gasteiger partial charge in [-0.25, -0.2) is 18.0 Å². The van der Waals surface area contributed by atoms with Gasteiger partial charge in [-0.3, -0.25) is 0 Å². The Bertz CT molecular complexity index is 2630. The van der Waals surface area contributed by atoms with Gasteiger partial charge in [0.1, 0.15) is 18.9 Å². The van der Waals surface area contributed by atoms with E-state index in [2.05, 4.69) is 105 Å². The van der Waals surface area contributed by atoms with Crippen LogP contribution in [0.25, 0.3) is 21.5 Å². The lowest BCUT2D eigenvalue weighted by atomic mass is 9.89. The molecule has 65 heavy (non-hydrogen) atoms. The molecule has 1 unspecified atom stereocenters. The van der Waals surface area contributed by atoms with Gasteiger partial charge in [0.25, 0.3) is 0 Å². The van der Waals surface area contributed by atoms with E-state index in [0.29, 0.717) is 28.9 Å². The number of azo groups is 2. The van der Waals surface area contributed by atoms with Gasteiger partial charge >= 0.3 is 11.9 Å². The monoisotopic (exact) mass is 899 g/mol. The van der Waals surface area contributed by atoms with Gasteiger partial charge in [-0.1, -0.05) is 103 Å². The van der Waals surface area contributed by atoms with Crippen LogP contribution in [0.4, 0.5) is 34.1 Å². The van der Waals surface area contributed by atoms with Crippen LogP contribution in [-0.4, -0.2) is 69.7 Å². The number of fused-ring (bicyclic) bond motifs is 1. The molecule has 3 atom stereocenters. The number of sulfonamides is 1. The second kappa shape index (κ2) is 21.6. The molecule has 0 radical (unpaired) electrons. The van der Waals surface area contributed by atoms with Gasteiger partial charge in [0.2, 0.25) is 10.0 Å². The average molecular weight is 900 g/mol. The second-order valence-corrected chi connectivity index (χ2v) is 18.6. The standard InChI is InChI=1S/C51H61N7O6S/c1-9-29-51(8)57(34-36(6)10-2)46-20-16-19-42-45(27-28-47(50(42)46)58(51)35-37(7)11-3)55-54-44-26-25-43(40-17-14-15-18-41(40)44)53-52-38-21-23-39(24-22-38)65(61,62)56(30-32-63-48(59)12-4)31-33-64-49(60)13-5/h12-28,36-37H,4-5,9-11,29-35H2,1-3,6-8H3/t36-,37+,51?/m0/s1. The lowest BCUT2D eigenvalue weighted by Gasteiger charge is -2.56. The number of benzene rings is 5. The van der Waals surface area contributed by atoms with Crippen LogP contribution in [0.1, 0.15) is 67.2 Å². The molecule has 342 valence electrons. The maximum Gasteiger partial charge on any atom is 0.330 e. The minimum atomic E-state index is -4.09. The Kier molecular flexibility index (Phi) is 16.0. The maximum atomic E-state index is 13.6. The summed E-state index contributed by atoms with van der Waals surface area (Å²) < 4.78 is 38.4. The smallest absolute Gasteiger partial charge is 0.330 e. The summed E-state index contributed by atoms with van der Waals surface area (Å²) in [5.41, 5.74) is 4.83. The molecule has 13 nitrogen and oxygen atoms in total. The highest BCUT2D eigenvalue weighted by Gasteiger charge is 2.43. The Labute approximate surface area is 383 Å². The molecule has 0 saturated carbocycles. The Balaban J connectivity index is 1.28. The van der Waals surface area contributed by atoms with Crippen LogP contribution in [0, 0.1) is 11.8 Å². The Morgan fingerprint density at radius 2 is 1.15 bits per heavy atom. The number of rotatable bonds is 22. The van der Waals surface area contributed by atoms with Crippen LogP contribution in [0.5, 0.6) is 0 Å². The van der Waals surface area contributed by atoms with Crippen molar-refractivity contribution in [2.75, 3.05) is 49.2 Å². The van der Waals surface area contributed by atoms with Gasteiger partial charge in [-0.05, 0) is 79.8 Å². The molecular weight excluding hydrogens is 839 g/mol. The van der Waals surface area contributed by atoms with Gasteiger partial charge < -0.3 is 19.3 Å². The fourth-order valence-corrected chi connectivity index (χ4v) is 9.64. The van der Waals surface area contributed by atoms with E-state index in [1.54, 1.807) is 12.1 Å². The lowest BCUT2D eigenvalue weighted by Crippen LogP contribution is -2.63. The van der Waals surface area contributed by atoms with Crippen molar-refractivity contribution < 1.29 is 27.5 Å². The van der Waals surface area contributed by atoms with Crippen LogP contribution in [0.3, 0.4) is 0 Å². The predicted molar refractivity (Wildman–Crippen MR) is 261 cm³/mol. The quantitative estimate of drug-likeness (QED) is 0.0379. The topological polar surface area (TPSA) is 146 Å². The summed E-state index contributed by atoms with van der Waals surface area (Å²) in [6.07, 6.45) is 6.32. The molecule has 5 aromatic carbocycles. The first-order valence-electron chi connectivity index (χ1n) is 22.4. The number of anilines is 2. The van der Waals surface area contributed by atoms with Gasteiger partial charge in [0, 0.05) is 71.3 Å². The maximum absolute atomic E-state index is 13.6. The van der Waals surface area contributed by atoms with Crippen LogP contribution < -0.4 is 9.80 Å². The SMILES string of the molecule is C=CC(=O)OCCN(CCOC(=O)C=C)S(=O)(=O)c1ccc(N=Nc2ccc(N=Nc3ccc4c5c(cccc35)N(C[C@@H](C)CC)C(C)(CCC)N4C[C@H](C)CC)c3ccccc23)cc1. The van der Waals surface area contributed by atoms with Crippen LogP contribution in [0.2, 0.25) is 0 Å². The second-order valence-electron chi connectivity index (χ2n) is 16.7. The predicted octanol–water partition coefficient (Wildman–Crippen LogP) is 12.5. The summed E-state index contributed by atoms with van der Waals surface area (Å²) in [5, 5.41) is 22.7. The normalized spacial score (nSPS) is 16.1. The number of esters is 2. The van der Waals surface area contributed by atoms with Crippen molar-refractivity contribution in [2.45, 2.75) is 77.8 Å². The molecular formula is C51H61N7O6S. The molecule has 0 N–H and O–H groups in total. The third-order valence-corrected chi connectivity index (χ3v) is 14.1. The number of carbonyl (C=O) groups is 2. The highest BCUT2D eigenvalue weighted by Crippen LogP contribution is 2.50. The Morgan fingerprint density at radius 3 is 1.66 bits per heavy atom. The number of carbonyl (C=O) groups excluding carboxylic acids is 2. The van der Waals surface area contributed by atoms with Crippen molar-refractivity contribution >= 4 is 77.6 Å². The molecule has 5 aromatic rings. The molecule has 1 aliphatic heterocycles. The molecule has 0 spiro atoms. The molecule has 0 aliphatic carbocycles. The van der Waals surface area contributed by atoms with E-state index in [9.17, 15) is 18.0 Å². The van der Waals surface area contributed by atoms with E-state index in [1.165, 1.54) is 28.9 Å². The third kappa shape index (κ3) is 10.8. The van der Waals surface area contributed by atoms with Crippen LogP contribution >= 0.6 is 0 Å². The van der Waals surface area contributed by atoms with E-state index in [-0.39, 0.29) is 36.9 Å². The third-order valence-electron chi connectivity index (χ3n) is 12.2. The van der Waals surface area contributed by atoms with Crippen LogP contribution in [0.15, 0.2) is 142 Å². The zero-order valence-corrected chi connectivity index (χ0v) is 39.3. The minimum absolute atomic E-state index is 0.0284. The van der Waals surface area contributed by atoms with E-state index >= 15 is 0 Å². The minimum Gasteiger partial charge on any atom is -0.461 e. The number of hydrogen-bond acceptors (Lipinski definition) is 12. The van der Waals surface area contributed by atoms with Crippen molar-refractivity contribution in [3.8, 4) is 0 Å². The molecule has 0 fully saturated rings. The van der Waals surface area contributed by atoms with Gasteiger partial charge in [0.15, 0.2) is 0 Å². The fraction of sp³-hybridized carbons (Fsp3) is 0.373. The van der Waals surface area contributed by atoms with Gasteiger partial charge in [-0.2, -0.15) is 9.42 Å². The summed E-state index contributed by atoms with van der Waals surface area (Å²) in [5.74, 6) is -0.324. The Hall–Kier alpha value is -6.25.